The summed E-state index contributed by atoms with van der Waals surface area (Å²) in [5.74, 6) is 0. The van der Waals surface area contributed by atoms with Gasteiger partial charge in [-0.05, 0) is 36.0 Å². The van der Waals surface area contributed by atoms with E-state index < -0.39 is 0 Å². The number of aryl methyl sites for hydroxylation is 2. The topological polar surface area (TPSA) is 52.0 Å². The van der Waals surface area contributed by atoms with Gasteiger partial charge in [0, 0.05) is 5.01 Å². The van der Waals surface area contributed by atoms with Gasteiger partial charge in [0.1, 0.15) is 11.1 Å². The summed E-state index contributed by atoms with van der Waals surface area (Å²) in [7, 11) is 0. The molecule has 1 aromatic carbocycles. The predicted octanol–water partition coefficient (Wildman–Crippen LogP) is 3.62. The van der Waals surface area contributed by atoms with E-state index in [4.69, 9.17) is 5.21 Å². The Kier molecular flexibility index (Phi) is 5.02. The maximum Gasteiger partial charge on any atom is 0.388 e. The molecule has 0 saturated carbocycles. The molecule has 0 amide bonds. The Morgan fingerprint density at radius 1 is 1.06 bits per heavy atom. The number of hydrogen-bond donors (Lipinski definition) is 1. The first-order chi connectivity index (χ1) is 8.73. The highest BCUT2D eigenvalue weighted by molar-refractivity contribution is 5.58. The van der Waals surface area contributed by atoms with Gasteiger partial charge in [0.25, 0.3) is 0 Å². The molecule has 18 heavy (non-hydrogen) atoms. The monoisotopic (exact) mass is 245 g/mol. The van der Waals surface area contributed by atoms with Crippen molar-refractivity contribution < 1.29 is 5.21 Å². The second-order valence-electron chi connectivity index (χ2n) is 3.90. The van der Waals surface area contributed by atoms with Crippen LogP contribution in [-0.4, -0.2) is 5.21 Å². The molecule has 0 aromatic heterocycles. The molecule has 0 heterocycles. The maximum absolute atomic E-state index is 10.5. The molecule has 1 aromatic rings. The summed E-state index contributed by atoms with van der Waals surface area (Å²) in [5, 5.41) is 24.9. The van der Waals surface area contributed by atoms with Crippen molar-refractivity contribution in [1.82, 2.24) is 0 Å². The van der Waals surface area contributed by atoms with Gasteiger partial charge in [-0.2, -0.15) is 5.21 Å². The van der Waals surface area contributed by atoms with Crippen LogP contribution in [-0.2, 0) is 19.3 Å². The van der Waals surface area contributed by atoms with Crippen molar-refractivity contribution >= 4 is 0 Å². The Morgan fingerprint density at radius 2 is 1.61 bits per heavy atom. The fourth-order valence-corrected chi connectivity index (χ4v) is 2.15. The van der Waals surface area contributed by atoms with Crippen LogP contribution in [0.5, 0.6) is 0 Å². The molecule has 94 valence electrons. The summed E-state index contributed by atoms with van der Waals surface area (Å²) in [6.07, 6.45) is 2.32. The Balaban J connectivity index is 3.70. The molecule has 0 atom stereocenters. The number of rotatable bonds is 3. The lowest BCUT2D eigenvalue weighted by Gasteiger charge is -2.09. The molecule has 0 fully saturated rings. The summed E-state index contributed by atoms with van der Waals surface area (Å²) < 4.78 is 0. The van der Waals surface area contributed by atoms with Crippen LogP contribution in [0.25, 0.3) is 10.0 Å². The van der Waals surface area contributed by atoms with Gasteiger partial charge < -0.3 is 5.21 Å². The largest absolute Gasteiger partial charge is 0.498 e. The van der Waals surface area contributed by atoms with Crippen LogP contribution in [0.1, 0.15) is 48.6 Å². The van der Waals surface area contributed by atoms with Crippen LogP contribution >= 0.6 is 0 Å². The van der Waals surface area contributed by atoms with Gasteiger partial charge >= 0.3 is 12.1 Å². The third kappa shape index (κ3) is 2.55. The summed E-state index contributed by atoms with van der Waals surface area (Å²) >= 11 is 0. The van der Waals surface area contributed by atoms with Gasteiger partial charge in [0.15, 0.2) is 0 Å². The minimum atomic E-state index is 0.705. The highest BCUT2D eigenvalue weighted by Crippen LogP contribution is 2.24. The van der Waals surface area contributed by atoms with E-state index in [-0.39, 0.29) is 0 Å². The lowest BCUT2D eigenvalue weighted by Crippen LogP contribution is -2.03. The summed E-state index contributed by atoms with van der Waals surface area (Å²) in [6.45, 7) is 6.03. The summed E-state index contributed by atoms with van der Waals surface area (Å²) in [4.78, 5) is 0. The van der Waals surface area contributed by atoms with Gasteiger partial charge in [0.05, 0.1) is 0 Å². The van der Waals surface area contributed by atoms with Crippen LogP contribution in [0.15, 0.2) is 6.07 Å². The van der Waals surface area contributed by atoms with E-state index in [9.17, 15) is 5.21 Å². The molecule has 4 heteroatoms. The number of nitrogens with zero attached hydrogens (tertiary/aromatic N) is 2. The molecule has 0 aliphatic heterocycles. The molecular formula is C14H17N2O2+. The molecule has 0 saturated heterocycles. The lowest BCUT2D eigenvalue weighted by atomic mass is 9.89. The van der Waals surface area contributed by atoms with E-state index in [0.29, 0.717) is 12.0 Å². The minimum Gasteiger partial charge on any atom is -0.498 e. The maximum atomic E-state index is 10.5. The van der Waals surface area contributed by atoms with Crippen molar-refractivity contribution in [1.29, 1.82) is 0 Å². The first-order valence-corrected chi connectivity index (χ1v) is 6.09. The molecular weight excluding hydrogens is 228 g/mol. The van der Waals surface area contributed by atoms with Gasteiger partial charge in [0.2, 0.25) is 5.01 Å². The average Bonchev–Trinajstić information content (AvgIpc) is 2.40. The van der Waals surface area contributed by atoms with E-state index in [1.165, 1.54) is 0 Å². The zero-order valence-corrected chi connectivity index (χ0v) is 10.9. The minimum absolute atomic E-state index is 0.705. The normalized spacial score (nSPS) is 9.06. The lowest BCUT2D eigenvalue weighted by molar-refractivity contribution is 0.465. The molecule has 0 aliphatic rings. The molecule has 4 nitrogen and oxygen atoms in total. The number of hydrogen-bond acceptors (Lipinski definition) is 2. The molecule has 0 bridgehead atoms. The fraction of sp³-hybridized carbons (Fsp3) is 0.429. The molecule has 0 spiro atoms. The number of benzene rings is 1. The van der Waals surface area contributed by atoms with Crippen molar-refractivity contribution in [3.8, 4) is 12.1 Å². The van der Waals surface area contributed by atoms with Crippen LogP contribution in [0.2, 0.25) is 0 Å². The summed E-state index contributed by atoms with van der Waals surface area (Å²) in [6, 6.07) is 7.10. The fourth-order valence-electron chi connectivity index (χ4n) is 2.15. The Bertz CT molecular complexity index is 511. The van der Waals surface area contributed by atoms with Crippen LogP contribution in [0.4, 0.5) is 0 Å². The van der Waals surface area contributed by atoms with E-state index >= 15 is 0 Å². The highest BCUT2D eigenvalue weighted by Gasteiger charge is 2.20. The Morgan fingerprint density at radius 3 is 2.00 bits per heavy atom. The SMILES string of the molecule is CCc1cc(CC)c(C#[N+]O)c(CC)c1C#[N+][O-]. The van der Waals surface area contributed by atoms with Gasteiger partial charge in [-0.3, -0.25) is 0 Å². The second-order valence-corrected chi connectivity index (χ2v) is 3.90. The zero-order valence-electron chi connectivity index (χ0n) is 10.9. The third-order valence-electron chi connectivity index (χ3n) is 3.03. The van der Waals surface area contributed by atoms with Gasteiger partial charge in [-0.1, -0.05) is 26.8 Å². The first kappa shape index (κ1) is 13.9. The molecule has 0 unspecified atom stereocenters. The zero-order chi connectivity index (χ0) is 13.5. The van der Waals surface area contributed by atoms with E-state index in [1.54, 1.807) is 0 Å². The predicted molar refractivity (Wildman–Crippen MR) is 72.4 cm³/mol. The van der Waals surface area contributed by atoms with E-state index in [1.807, 2.05) is 26.8 Å². The smallest absolute Gasteiger partial charge is 0.388 e. The second kappa shape index (κ2) is 6.51. The standard InChI is InChI=1S/C14H16N2O2/c1-4-10-7-11(5-2)14(9-16-18)12(6-3)13(10)8-15-17/h7H,4-6H2,1-3H3/p+1. The quantitative estimate of drug-likeness (QED) is 0.827. The summed E-state index contributed by atoms with van der Waals surface area (Å²) in [5.41, 5.74) is 4.44. The van der Waals surface area contributed by atoms with Crippen molar-refractivity contribution in [3.05, 3.63) is 49.1 Å². The van der Waals surface area contributed by atoms with Crippen molar-refractivity contribution in [2.75, 3.05) is 0 Å². The molecule has 0 aliphatic carbocycles. The average molecular weight is 245 g/mol. The van der Waals surface area contributed by atoms with Crippen molar-refractivity contribution in [2.24, 2.45) is 0 Å². The van der Waals surface area contributed by atoms with Gasteiger partial charge in [-0.15, -0.1) is 0 Å². The van der Waals surface area contributed by atoms with E-state index in [0.717, 1.165) is 35.1 Å². The van der Waals surface area contributed by atoms with Crippen LogP contribution in [0.3, 0.4) is 0 Å². The van der Waals surface area contributed by atoms with Crippen LogP contribution < -0.4 is 0 Å². The first-order valence-electron chi connectivity index (χ1n) is 6.09. The molecule has 1 rings (SSSR count). The Labute approximate surface area is 107 Å². The van der Waals surface area contributed by atoms with Crippen molar-refractivity contribution in [3.63, 3.8) is 0 Å². The Hall–Kier alpha value is -2.20. The molecule has 1 N–H and O–H groups in total. The third-order valence-corrected chi connectivity index (χ3v) is 3.03. The van der Waals surface area contributed by atoms with Crippen LogP contribution in [0, 0.1) is 17.3 Å². The van der Waals surface area contributed by atoms with Crippen molar-refractivity contribution in [2.45, 2.75) is 40.0 Å². The molecule has 0 radical (unpaired) electrons. The highest BCUT2D eigenvalue weighted by atomic mass is 16.4. The van der Waals surface area contributed by atoms with E-state index in [2.05, 4.69) is 22.2 Å². The van der Waals surface area contributed by atoms with Gasteiger partial charge in [-0.25, -0.2) is 0 Å².